The Kier molecular flexibility index (Phi) is 9.74. The van der Waals surface area contributed by atoms with Crippen molar-refractivity contribution >= 4 is 39.3 Å². The van der Waals surface area contributed by atoms with Gasteiger partial charge in [-0.25, -0.2) is 18.6 Å². The van der Waals surface area contributed by atoms with Gasteiger partial charge in [-0.2, -0.15) is 13.2 Å². The van der Waals surface area contributed by atoms with Crippen molar-refractivity contribution in [3.05, 3.63) is 59.2 Å². The van der Waals surface area contributed by atoms with Crippen LogP contribution in [0.25, 0.3) is 4.91 Å². The number of nitrogens with one attached hydrogen (secondary N) is 3. The normalized spacial score (nSPS) is 17.7. The van der Waals surface area contributed by atoms with Gasteiger partial charge in [-0.05, 0) is 56.3 Å². The van der Waals surface area contributed by atoms with Crippen LogP contribution in [0.2, 0.25) is 0 Å². The number of aromatic nitrogens is 2. The molecular formula is C23H27F4N5O2S2. The van der Waals surface area contributed by atoms with Crippen LogP contribution in [0.15, 0.2) is 47.7 Å². The van der Waals surface area contributed by atoms with Crippen LogP contribution in [-0.4, -0.2) is 45.2 Å². The average Bonchev–Trinajstić information content (AvgIpc) is 2.78. The highest BCUT2D eigenvalue weighted by Gasteiger charge is 2.30. The summed E-state index contributed by atoms with van der Waals surface area (Å²) in [6.07, 6.45) is -0.934. The Labute approximate surface area is 213 Å². The van der Waals surface area contributed by atoms with Gasteiger partial charge in [0.15, 0.2) is 11.6 Å². The minimum absolute atomic E-state index is 0.0654. The fourth-order valence-corrected chi connectivity index (χ4v) is 4.88. The molecule has 1 fully saturated rings. The van der Waals surface area contributed by atoms with Gasteiger partial charge in [0.05, 0.1) is 10.6 Å². The summed E-state index contributed by atoms with van der Waals surface area (Å²) < 4.78 is 71.3. The van der Waals surface area contributed by atoms with Gasteiger partial charge in [-0.3, -0.25) is 0 Å². The van der Waals surface area contributed by atoms with Crippen molar-refractivity contribution in [3.8, 4) is 5.75 Å². The predicted molar refractivity (Wildman–Crippen MR) is 136 cm³/mol. The molecule has 1 aromatic carbocycles. The number of hydrogen-bond acceptors (Lipinski definition) is 7. The molecule has 2 heterocycles. The number of hydrogen-bond donors (Lipinski definition) is 3. The number of ether oxygens (including phenoxy) is 1. The fraction of sp³-hybridized carbons (Fsp3) is 0.391. The molecule has 2 aromatic rings. The molecule has 0 aliphatic carbocycles. The number of anilines is 2. The fourth-order valence-electron chi connectivity index (χ4n) is 3.37. The summed E-state index contributed by atoms with van der Waals surface area (Å²) in [7, 11) is -2.44. The smallest absolute Gasteiger partial charge is 0.402 e. The van der Waals surface area contributed by atoms with E-state index in [2.05, 4.69) is 31.9 Å². The van der Waals surface area contributed by atoms with Gasteiger partial charge >= 0.3 is 6.18 Å². The lowest BCUT2D eigenvalue weighted by atomic mass is 10.1. The highest BCUT2D eigenvalue weighted by molar-refractivity contribution is 8.11. The molecule has 196 valence electrons. The lowest BCUT2D eigenvalue weighted by molar-refractivity contribution is -0.105. The molecule has 0 saturated carbocycles. The van der Waals surface area contributed by atoms with Crippen molar-refractivity contribution < 1.29 is 26.5 Å². The van der Waals surface area contributed by atoms with Crippen LogP contribution in [0.3, 0.4) is 0 Å². The van der Waals surface area contributed by atoms with E-state index in [-0.39, 0.29) is 17.5 Å². The maximum Gasteiger partial charge on any atom is 0.402 e. The van der Waals surface area contributed by atoms with Gasteiger partial charge in [0, 0.05) is 30.5 Å². The van der Waals surface area contributed by atoms with Crippen LogP contribution in [0.1, 0.15) is 32.4 Å². The summed E-state index contributed by atoms with van der Waals surface area (Å²) in [6, 6.07) is 5.38. The van der Waals surface area contributed by atoms with Gasteiger partial charge in [0.1, 0.15) is 22.5 Å². The number of benzene rings is 1. The number of piperidine rings is 1. The minimum Gasteiger partial charge on any atom is -0.458 e. The van der Waals surface area contributed by atoms with Crippen LogP contribution < -0.4 is 20.1 Å². The standard InChI is InChI=1S/C23H27F4N5O2S2/c1-14(2)35-21(19-8-10-29-22(31-19)30-17-5-4-9-28-12-17)15(3)34-20-7-6-16(11-18(20)24)32-36(33)13-23(25,26)27/h6-8,10-11,17,28,32H,1,4-5,9,12-13H2,2-3H3,(H,29,30,31)/b21-15+. The van der Waals surface area contributed by atoms with Gasteiger partial charge in [0.25, 0.3) is 0 Å². The highest BCUT2D eigenvalue weighted by Crippen LogP contribution is 2.36. The molecule has 36 heavy (non-hydrogen) atoms. The van der Waals surface area contributed by atoms with Gasteiger partial charge in [-0.15, -0.1) is 0 Å². The predicted octanol–water partition coefficient (Wildman–Crippen LogP) is 5.45. The van der Waals surface area contributed by atoms with Crippen LogP contribution in [0.4, 0.5) is 29.2 Å². The second-order valence-corrected chi connectivity index (χ2v) is 10.6. The number of nitrogens with zero attached hydrogens (tertiary/aromatic N) is 2. The van der Waals surface area contributed by atoms with E-state index in [0.29, 0.717) is 22.3 Å². The SMILES string of the molecule is C=C(C)S/C(=C(\C)Oc1ccc(NS(=O)CC(F)(F)F)cc1F)c1ccnc(NC2CCCNC2)n1. The van der Waals surface area contributed by atoms with E-state index >= 15 is 0 Å². The van der Waals surface area contributed by atoms with E-state index in [1.165, 1.54) is 23.9 Å². The van der Waals surface area contributed by atoms with E-state index in [0.717, 1.165) is 36.9 Å². The Bertz CT molecular complexity index is 1140. The molecule has 7 nitrogen and oxygen atoms in total. The quantitative estimate of drug-likeness (QED) is 0.270. The molecule has 0 radical (unpaired) electrons. The summed E-state index contributed by atoms with van der Waals surface area (Å²) in [4.78, 5) is 10.3. The third-order valence-corrected chi connectivity index (χ3v) is 6.94. The molecule has 13 heteroatoms. The number of rotatable bonds is 10. The lowest BCUT2D eigenvalue weighted by Gasteiger charge is -2.24. The molecule has 3 rings (SSSR count). The molecule has 0 spiro atoms. The maximum absolute atomic E-state index is 14.7. The molecule has 2 atom stereocenters. The Balaban J connectivity index is 1.79. The number of alkyl halides is 3. The van der Waals surface area contributed by atoms with E-state index in [1.54, 1.807) is 19.2 Å². The van der Waals surface area contributed by atoms with Gasteiger partial charge in [-0.1, -0.05) is 18.3 Å². The Morgan fingerprint density at radius 2 is 2.11 bits per heavy atom. The summed E-state index contributed by atoms with van der Waals surface area (Å²) in [5, 5.41) is 6.64. The first kappa shape index (κ1) is 27.9. The van der Waals surface area contributed by atoms with E-state index in [1.807, 2.05) is 6.92 Å². The van der Waals surface area contributed by atoms with Crippen LogP contribution in [0.5, 0.6) is 5.75 Å². The number of thioether (sulfide) groups is 1. The van der Waals surface area contributed by atoms with Crippen LogP contribution in [-0.2, 0) is 11.0 Å². The molecule has 1 aliphatic heterocycles. The lowest BCUT2D eigenvalue weighted by Crippen LogP contribution is -2.38. The van der Waals surface area contributed by atoms with Crippen molar-refractivity contribution in [1.29, 1.82) is 0 Å². The van der Waals surface area contributed by atoms with Crippen LogP contribution >= 0.6 is 11.8 Å². The summed E-state index contributed by atoms with van der Waals surface area (Å²) >= 11 is 1.31. The monoisotopic (exact) mass is 545 g/mol. The Hall–Kier alpha value is -2.64. The van der Waals surface area contributed by atoms with Crippen molar-refractivity contribution in [2.24, 2.45) is 0 Å². The highest BCUT2D eigenvalue weighted by atomic mass is 32.2. The second-order valence-electron chi connectivity index (χ2n) is 8.10. The molecule has 1 aromatic heterocycles. The maximum atomic E-state index is 14.7. The summed E-state index contributed by atoms with van der Waals surface area (Å²) in [5.74, 6) is -1.74. The summed E-state index contributed by atoms with van der Waals surface area (Å²) in [6.45, 7) is 9.18. The molecule has 0 bridgehead atoms. The molecule has 0 amide bonds. The van der Waals surface area contributed by atoms with Crippen molar-refractivity contribution in [3.63, 3.8) is 0 Å². The third-order valence-electron chi connectivity index (χ3n) is 4.84. The zero-order valence-corrected chi connectivity index (χ0v) is 21.4. The van der Waals surface area contributed by atoms with E-state index in [9.17, 15) is 21.8 Å². The largest absolute Gasteiger partial charge is 0.458 e. The second kappa shape index (κ2) is 12.5. The Morgan fingerprint density at radius 1 is 1.33 bits per heavy atom. The summed E-state index contributed by atoms with van der Waals surface area (Å²) in [5.41, 5.74) is 0.493. The zero-order chi connectivity index (χ0) is 26.3. The topological polar surface area (TPSA) is 88.2 Å². The number of allylic oxidation sites excluding steroid dienone is 2. The molecule has 2 unspecified atom stereocenters. The third kappa shape index (κ3) is 8.79. The average molecular weight is 546 g/mol. The first-order valence-electron chi connectivity index (χ1n) is 11.0. The van der Waals surface area contributed by atoms with Crippen molar-refractivity contribution in [2.45, 2.75) is 38.9 Å². The van der Waals surface area contributed by atoms with E-state index < -0.39 is 28.7 Å². The minimum atomic E-state index is -4.61. The van der Waals surface area contributed by atoms with Crippen molar-refractivity contribution in [1.82, 2.24) is 15.3 Å². The van der Waals surface area contributed by atoms with Gasteiger partial charge in [0.2, 0.25) is 5.95 Å². The first-order valence-corrected chi connectivity index (χ1v) is 13.2. The molecule has 3 N–H and O–H groups in total. The number of halogens is 4. The first-order chi connectivity index (χ1) is 17.0. The molecular weight excluding hydrogens is 518 g/mol. The van der Waals surface area contributed by atoms with Crippen molar-refractivity contribution in [2.75, 3.05) is 28.9 Å². The van der Waals surface area contributed by atoms with Gasteiger partial charge < -0.3 is 20.1 Å². The molecule has 1 aliphatic rings. The van der Waals surface area contributed by atoms with E-state index in [4.69, 9.17) is 4.74 Å². The Morgan fingerprint density at radius 3 is 2.75 bits per heavy atom. The van der Waals surface area contributed by atoms with Crippen LogP contribution in [0, 0.1) is 5.82 Å². The zero-order valence-electron chi connectivity index (χ0n) is 19.7. The molecule has 1 saturated heterocycles.